The molecule has 2 aliphatic heterocycles. The van der Waals surface area contributed by atoms with Gasteiger partial charge in [0.15, 0.2) is 0 Å². The van der Waals surface area contributed by atoms with Crippen LogP contribution in [0, 0.1) is 0 Å². The SMILES string of the molecule is O=C(c1cscn1)N1CCCN2C(=O)N(C3CCCCC3)C(=O)C2C1. The third kappa shape index (κ3) is 2.92. The van der Waals surface area contributed by atoms with Gasteiger partial charge in [-0.2, -0.15) is 0 Å². The Morgan fingerprint density at radius 1 is 1.12 bits per heavy atom. The fraction of sp³-hybridized carbons (Fsp3) is 0.647. The zero-order valence-corrected chi connectivity index (χ0v) is 14.9. The highest BCUT2D eigenvalue weighted by Gasteiger charge is 2.49. The Hall–Kier alpha value is -1.96. The van der Waals surface area contributed by atoms with Gasteiger partial charge in [-0.05, 0) is 19.3 Å². The van der Waals surface area contributed by atoms with E-state index in [2.05, 4.69) is 4.98 Å². The van der Waals surface area contributed by atoms with Crippen molar-refractivity contribution < 1.29 is 14.4 Å². The summed E-state index contributed by atoms with van der Waals surface area (Å²) in [5.41, 5.74) is 2.05. The van der Waals surface area contributed by atoms with Crippen LogP contribution >= 0.6 is 11.3 Å². The van der Waals surface area contributed by atoms with Crippen LogP contribution in [0.3, 0.4) is 0 Å². The number of fused-ring (bicyclic) bond motifs is 1. The lowest BCUT2D eigenvalue weighted by Crippen LogP contribution is -2.45. The van der Waals surface area contributed by atoms with Crippen LogP contribution in [0.1, 0.15) is 49.0 Å². The molecule has 1 atom stereocenters. The Balaban J connectivity index is 1.53. The summed E-state index contributed by atoms with van der Waals surface area (Å²) in [7, 11) is 0. The molecule has 1 saturated carbocycles. The van der Waals surface area contributed by atoms with Crippen molar-refractivity contribution in [2.75, 3.05) is 19.6 Å². The molecule has 0 spiro atoms. The van der Waals surface area contributed by atoms with E-state index in [1.807, 2.05) is 0 Å². The van der Waals surface area contributed by atoms with Gasteiger partial charge in [-0.15, -0.1) is 11.3 Å². The quantitative estimate of drug-likeness (QED) is 0.754. The Bertz CT molecular complexity index is 671. The summed E-state index contributed by atoms with van der Waals surface area (Å²) < 4.78 is 0. The Labute approximate surface area is 150 Å². The zero-order valence-electron chi connectivity index (χ0n) is 14.1. The largest absolute Gasteiger partial charge is 0.335 e. The lowest BCUT2D eigenvalue weighted by molar-refractivity contribution is -0.130. The van der Waals surface area contributed by atoms with Crippen LogP contribution in [-0.4, -0.2) is 69.2 Å². The third-order valence-electron chi connectivity index (χ3n) is 5.45. The number of carbonyl (C=O) groups excluding carboxylic acids is 3. The molecular formula is C17H22N4O3S. The molecule has 4 amide bonds. The highest BCUT2D eigenvalue weighted by molar-refractivity contribution is 7.07. The van der Waals surface area contributed by atoms with Gasteiger partial charge in [0.2, 0.25) is 0 Å². The number of hydrogen-bond donors (Lipinski definition) is 0. The molecule has 1 aromatic rings. The number of nitrogens with zero attached hydrogens (tertiary/aromatic N) is 4. The second-order valence-electron chi connectivity index (χ2n) is 6.97. The molecule has 3 heterocycles. The van der Waals surface area contributed by atoms with Crippen molar-refractivity contribution in [1.29, 1.82) is 0 Å². The summed E-state index contributed by atoms with van der Waals surface area (Å²) in [6.07, 6.45) is 5.81. The van der Waals surface area contributed by atoms with Gasteiger partial charge in [-0.1, -0.05) is 19.3 Å². The van der Waals surface area contributed by atoms with E-state index in [1.54, 1.807) is 20.7 Å². The van der Waals surface area contributed by atoms with Crippen molar-refractivity contribution in [1.82, 2.24) is 19.7 Å². The second-order valence-corrected chi connectivity index (χ2v) is 7.69. The minimum atomic E-state index is -0.542. The number of aromatic nitrogens is 1. The Morgan fingerprint density at radius 2 is 1.92 bits per heavy atom. The summed E-state index contributed by atoms with van der Waals surface area (Å²) in [6.45, 7) is 1.34. The fourth-order valence-electron chi connectivity index (χ4n) is 4.16. The van der Waals surface area contributed by atoms with Crippen LogP contribution in [0.5, 0.6) is 0 Å². The molecule has 0 aromatic carbocycles. The van der Waals surface area contributed by atoms with E-state index in [0.717, 1.165) is 25.7 Å². The summed E-state index contributed by atoms with van der Waals surface area (Å²) in [6, 6.07) is -0.673. The Morgan fingerprint density at radius 3 is 2.64 bits per heavy atom. The molecule has 1 aromatic heterocycles. The molecular weight excluding hydrogens is 340 g/mol. The van der Waals surface area contributed by atoms with E-state index in [1.165, 1.54) is 22.7 Å². The minimum absolute atomic E-state index is 0.0309. The second kappa shape index (κ2) is 6.74. The minimum Gasteiger partial charge on any atom is -0.335 e. The first-order chi connectivity index (χ1) is 12.2. The number of imide groups is 1. The van der Waals surface area contributed by atoms with Gasteiger partial charge in [0.25, 0.3) is 11.8 Å². The number of thiazole rings is 1. The molecule has 134 valence electrons. The normalized spacial score (nSPS) is 25.3. The number of rotatable bonds is 2. The molecule has 0 bridgehead atoms. The molecule has 7 nitrogen and oxygen atoms in total. The standard InChI is InChI=1S/C17H22N4O3S/c22-15(13-10-25-11-18-13)19-7-4-8-20-14(9-19)16(23)21(17(20)24)12-5-2-1-3-6-12/h10-12,14H,1-9H2. The molecule has 25 heavy (non-hydrogen) atoms. The summed E-state index contributed by atoms with van der Waals surface area (Å²) in [5, 5.41) is 1.72. The molecule has 3 fully saturated rings. The van der Waals surface area contributed by atoms with Gasteiger partial charge in [0.1, 0.15) is 11.7 Å². The van der Waals surface area contributed by atoms with Crippen LogP contribution in [0.15, 0.2) is 10.9 Å². The van der Waals surface area contributed by atoms with E-state index in [0.29, 0.717) is 25.2 Å². The van der Waals surface area contributed by atoms with Crippen molar-refractivity contribution in [3.63, 3.8) is 0 Å². The number of urea groups is 1. The maximum atomic E-state index is 13.0. The van der Waals surface area contributed by atoms with Gasteiger partial charge in [-0.3, -0.25) is 14.5 Å². The molecule has 0 radical (unpaired) electrons. The lowest BCUT2D eigenvalue weighted by Gasteiger charge is -2.29. The average molecular weight is 362 g/mol. The van der Waals surface area contributed by atoms with E-state index in [4.69, 9.17) is 0 Å². The van der Waals surface area contributed by atoms with E-state index >= 15 is 0 Å². The summed E-state index contributed by atoms with van der Waals surface area (Å²) >= 11 is 1.38. The van der Waals surface area contributed by atoms with Crippen LogP contribution in [-0.2, 0) is 4.79 Å². The third-order valence-corrected chi connectivity index (χ3v) is 6.04. The highest BCUT2D eigenvalue weighted by Crippen LogP contribution is 2.30. The summed E-state index contributed by atoms with van der Waals surface area (Å²) in [4.78, 5) is 47.3. The predicted octanol–water partition coefficient (Wildman–Crippen LogP) is 1.95. The van der Waals surface area contributed by atoms with Crippen molar-refractivity contribution in [3.8, 4) is 0 Å². The van der Waals surface area contributed by atoms with Crippen molar-refractivity contribution >= 4 is 29.2 Å². The lowest BCUT2D eigenvalue weighted by atomic mass is 9.94. The van der Waals surface area contributed by atoms with Crippen LogP contribution in [0.25, 0.3) is 0 Å². The highest BCUT2D eigenvalue weighted by atomic mass is 32.1. The molecule has 3 aliphatic rings. The topological polar surface area (TPSA) is 73.8 Å². The number of hydrogen-bond acceptors (Lipinski definition) is 5. The number of amides is 4. The zero-order chi connectivity index (χ0) is 17.4. The van der Waals surface area contributed by atoms with Gasteiger partial charge < -0.3 is 9.80 Å². The molecule has 1 aliphatic carbocycles. The first-order valence-electron chi connectivity index (χ1n) is 8.98. The molecule has 2 saturated heterocycles. The monoisotopic (exact) mass is 362 g/mol. The van der Waals surface area contributed by atoms with Crippen LogP contribution in [0.2, 0.25) is 0 Å². The van der Waals surface area contributed by atoms with Gasteiger partial charge in [0.05, 0.1) is 12.1 Å². The van der Waals surface area contributed by atoms with Crippen molar-refractivity contribution in [3.05, 3.63) is 16.6 Å². The molecule has 4 rings (SSSR count). The average Bonchev–Trinajstić information content (AvgIpc) is 3.16. The van der Waals surface area contributed by atoms with Crippen LogP contribution < -0.4 is 0 Å². The van der Waals surface area contributed by atoms with Gasteiger partial charge in [-0.25, -0.2) is 9.78 Å². The van der Waals surface area contributed by atoms with Crippen molar-refractivity contribution in [2.24, 2.45) is 0 Å². The van der Waals surface area contributed by atoms with Crippen LogP contribution in [0.4, 0.5) is 4.79 Å². The van der Waals surface area contributed by atoms with Gasteiger partial charge in [0, 0.05) is 24.5 Å². The summed E-state index contributed by atoms with van der Waals surface area (Å²) in [5.74, 6) is -0.283. The smallest absolute Gasteiger partial charge is 0.327 e. The molecule has 8 heteroatoms. The van der Waals surface area contributed by atoms with E-state index in [9.17, 15) is 14.4 Å². The first kappa shape index (κ1) is 16.5. The Kier molecular flexibility index (Phi) is 4.45. The molecule has 1 unspecified atom stereocenters. The maximum Gasteiger partial charge on any atom is 0.327 e. The predicted molar refractivity (Wildman–Crippen MR) is 92.2 cm³/mol. The number of carbonyl (C=O) groups is 3. The van der Waals surface area contributed by atoms with E-state index in [-0.39, 0.29) is 30.4 Å². The van der Waals surface area contributed by atoms with Crippen molar-refractivity contribution in [2.45, 2.75) is 50.6 Å². The van der Waals surface area contributed by atoms with Gasteiger partial charge >= 0.3 is 6.03 Å². The maximum absolute atomic E-state index is 13.0. The molecule has 0 N–H and O–H groups in total. The fourth-order valence-corrected chi connectivity index (χ4v) is 4.69. The van der Waals surface area contributed by atoms with E-state index < -0.39 is 6.04 Å². The first-order valence-corrected chi connectivity index (χ1v) is 9.92.